The first-order valence-corrected chi connectivity index (χ1v) is 7.01. The Kier molecular flexibility index (Phi) is 5.83. The predicted octanol–water partition coefficient (Wildman–Crippen LogP) is 3.41. The summed E-state index contributed by atoms with van der Waals surface area (Å²) in [7, 11) is 0. The van der Waals surface area contributed by atoms with Crippen LogP contribution in [0.15, 0.2) is 24.3 Å². The molecule has 1 rings (SSSR count). The molecule has 0 heterocycles. The topological polar surface area (TPSA) is 32.3 Å². The van der Waals surface area contributed by atoms with Crippen molar-refractivity contribution in [2.45, 2.75) is 52.1 Å². The van der Waals surface area contributed by atoms with E-state index < -0.39 is 5.60 Å². The van der Waals surface area contributed by atoms with Gasteiger partial charge in [0.1, 0.15) is 0 Å². The first kappa shape index (κ1) is 15.2. The van der Waals surface area contributed by atoms with Crippen molar-refractivity contribution in [3.8, 4) is 0 Å². The largest absolute Gasteiger partial charge is 0.385 e. The van der Waals surface area contributed by atoms with Crippen molar-refractivity contribution in [3.63, 3.8) is 0 Å². The van der Waals surface area contributed by atoms with Gasteiger partial charge in [0.05, 0.1) is 5.60 Å². The zero-order chi connectivity index (χ0) is 13.6. The lowest BCUT2D eigenvalue weighted by molar-refractivity contribution is 0.0480. The maximum Gasteiger partial charge on any atom is 0.0880 e. The minimum absolute atomic E-state index is 0.537. The zero-order valence-corrected chi connectivity index (χ0v) is 12.2. The second-order valence-corrected chi connectivity index (χ2v) is 5.55. The van der Waals surface area contributed by atoms with E-state index in [4.69, 9.17) is 0 Å². The molecule has 18 heavy (non-hydrogen) atoms. The molecule has 1 aromatic rings. The summed E-state index contributed by atoms with van der Waals surface area (Å²) < 4.78 is 0. The second-order valence-electron chi connectivity index (χ2n) is 5.55. The Morgan fingerprint density at radius 2 is 1.78 bits per heavy atom. The van der Waals surface area contributed by atoms with Gasteiger partial charge in [0.25, 0.3) is 0 Å². The third-order valence-electron chi connectivity index (χ3n) is 3.41. The fourth-order valence-electron chi connectivity index (χ4n) is 2.00. The van der Waals surface area contributed by atoms with Gasteiger partial charge in [0.2, 0.25) is 0 Å². The van der Waals surface area contributed by atoms with Gasteiger partial charge in [-0.05, 0) is 49.9 Å². The van der Waals surface area contributed by atoms with Crippen molar-refractivity contribution in [1.29, 1.82) is 0 Å². The maximum absolute atomic E-state index is 10.5. The maximum atomic E-state index is 10.5. The van der Waals surface area contributed by atoms with Crippen LogP contribution >= 0.6 is 0 Å². The molecular weight excluding hydrogens is 222 g/mol. The van der Waals surface area contributed by atoms with Gasteiger partial charge in [-0.25, -0.2) is 0 Å². The summed E-state index contributed by atoms with van der Waals surface area (Å²) in [4.78, 5) is 0. The summed E-state index contributed by atoms with van der Waals surface area (Å²) >= 11 is 0. The van der Waals surface area contributed by atoms with Crippen LogP contribution in [0.2, 0.25) is 0 Å². The van der Waals surface area contributed by atoms with Crippen molar-refractivity contribution >= 4 is 0 Å². The molecule has 0 spiro atoms. The molecule has 0 saturated heterocycles. The predicted molar refractivity (Wildman–Crippen MR) is 77.9 cm³/mol. The third kappa shape index (κ3) is 4.43. The van der Waals surface area contributed by atoms with Crippen LogP contribution in [0.5, 0.6) is 0 Å². The van der Waals surface area contributed by atoms with E-state index in [1.807, 2.05) is 6.92 Å². The van der Waals surface area contributed by atoms with Crippen LogP contribution in [-0.2, 0) is 5.60 Å². The van der Waals surface area contributed by atoms with Crippen LogP contribution in [-0.4, -0.2) is 18.2 Å². The van der Waals surface area contributed by atoms with E-state index in [9.17, 15) is 5.11 Å². The van der Waals surface area contributed by atoms with E-state index in [0.29, 0.717) is 5.92 Å². The van der Waals surface area contributed by atoms with Crippen LogP contribution in [0.4, 0.5) is 0 Å². The lowest BCUT2D eigenvalue weighted by Crippen LogP contribution is -2.28. The summed E-state index contributed by atoms with van der Waals surface area (Å²) in [5, 5.41) is 13.8. The molecule has 0 radical (unpaired) electrons. The number of nitrogens with one attached hydrogen (secondary N) is 1. The number of benzene rings is 1. The lowest BCUT2D eigenvalue weighted by Gasteiger charge is -2.24. The molecule has 0 amide bonds. The van der Waals surface area contributed by atoms with Crippen LogP contribution in [0.1, 0.15) is 57.6 Å². The molecular formula is C16H27NO. The highest BCUT2D eigenvalue weighted by molar-refractivity contribution is 5.28. The molecule has 2 nitrogen and oxygen atoms in total. The van der Waals surface area contributed by atoms with E-state index in [1.165, 1.54) is 5.56 Å². The smallest absolute Gasteiger partial charge is 0.0880 e. The lowest BCUT2D eigenvalue weighted by atomic mass is 9.90. The van der Waals surface area contributed by atoms with Gasteiger partial charge >= 0.3 is 0 Å². The minimum Gasteiger partial charge on any atom is -0.385 e. The molecule has 102 valence electrons. The average molecular weight is 249 g/mol. The summed E-state index contributed by atoms with van der Waals surface area (Å²) in [6.07, 6.45) is 1.87. The van der Waals surface area contributed by atoms with E-state index in [1.54, 1.807) is 0 Å². The normalized spacial score (nSPS) is 14.8. The third-order valence-corrected chi connectivity index (χ3v) is 3.41. The highest BCUT2D eigenvalue weighted by atomic mass is 16.3. The van der Waals surface area contributed by atoms with Crippen LogP contribution in [0.25, 0.3) is 0 Å². The molecule has 2 N–H and O–H groups in total. The van der Waals surface area contributed by atoms with Gasteiger partial charge in [-0.3, -0.25) is 0 Å². The molecule has 1 atom stereocenters. The molecule has 0 aliphatic rings. The van der Waals surface area contributed by atoms with E-state index in [0.717, 1.165) is 31.5 Å². The van der Waals surface area contributed by atoms with Crippen molar-refractivity contribution < 1.29 is 5.11 Å². The first-order valence-electron chi connectivity index (χ1n) is 7.01. The molecule has 1 unspecified atom stereocenters. The Bertz CT molecular complexity index is 341. The Hall–Kier alpha value is -0.860. The minimum atomic E-state index is -0.740. The van der Waals surface area contributed by atoms with Gasteiger partial charge in [0.15, 0.2) is 0 Å². The summed E-state index contributed by atoms with van der Waals surface area (Å²) in [6, 6.07) is 8.34. The second kappa shape index (κ2) is 6.91. The standard InChI is InChI=1S/C16H27NO/c1-5-11-17-12-10-16(4,18)15-8-6-14(7-9-15)13(2)3/h6-9,13,17-18H,5,10-12H2,1-4H3. The van der Waals surface area contributed by atoms with Crippen molar-refractivity contribution in [2.24, 2.45) is 0 Å². The zero-order valence-electron chi connectivity index (χ0n) is 12.2. The van der Waals surface area contributed by atoms with Gasteiger partial charge in [0, 0.05) is 0 Å². The summed E-state index contributed by atoms with van der Waals surface area (Å²) in [6.45, 7) is 10.3. The highest BCUT2D eigenvalue weighted by Gasteiger charge is 2.22. The molecule has 0 aromatic heterocycles. The van der Waals surface area contributed by atoms with E-state index in [2.05, 4.69) is 50.4 Å². The molecule has 2 heteroatoms. The quantitative estimate of drug-likeness (QED) is 0.726. The molecule has 0 fully saturated rings. The number of rotatable bonds is 7. The average Bonchev–Trinajstić information content (AvgIpc) is 2.35. The van der Waals surface area contributed by atoms with Crippen molar-refractivity contribution in [3.05, 3.63) is 35.4 Å². The fraction of sp³-hybridized carbons (Fsp3) is 0.625. The van der Waals surface area contributed by atoms with Crippen molar-refractivity contribution in [2.75, 3.05) is 13.1 Å². The molecule has 1 aromatic carbocycles. The molecule has 0 bridgehead atoms. The molecule has 0 aliphatic heterocycles. The Labute approximate surface area is 111 Å². The molecule has 0 saturated carbocycles. The summed E-state index contributed by atoms with van der Waals surface area (Å²) in [5.41, 5.74) is 1.58. The SMILES string of the molecule is CCCNCCC(C)(O)c1ccc(C(C)C)cc1. The van der Waals surface area contributed by atoms with Crippen molar-refractivity contribution in [1.82, 2.24) is 5.32 Å². The van der Waals surface area contributed by atoms with Gasteiger partial charge < -0.3 is 10.4 Å². The van der Waals surface area contributed by atoms with Crippen LogP contribution < -0.4 is 5.32 Å². The Morgan fingerprint density at radius 3 is 2.28 bits per heavy atom. The number of hydrogen-bond acceptors (Lipinski definition) is 2. The van der Waals surface area contributed by atoms with Gasteiger partial charge in [-0.1, -0.05) is 45.0 Å². The highest BCUT2D eigenvalue weighted by Crippen LogP contribution is 2.25. The van der Waals surface area contributed by atoms with Gasteiger partial charge in [-0.15, -0.1) is 0 Å². The molecule has 0 aliphatic carbocycles. The summed E-state index contributed by atoms with van der Waals surface area (Å²) in [5.74, 6) is 0.537. The van der Waals surface area contributed by atoms with Crippen LogP contribution in [0.3, 0.4) is 0 Å². The number of aliphatic hydroxyl groups is 1. The fourth-order valence-corrected chi connectivity index (χ4v) is 2.00. The monoisotopic (exact) mass is 249 g/mol. The first-order chi connectivity index (χ1) is 8.47. The van der Waals surface area contributed by atoms with Crippen LogP contribution in [0, 0.1) is 0 Å². The van der Waals surface area contributed by atoms with E-state index in [-0.39, 0.29) is 0 Å². The Morgan fingerprint density at radius 1 is 1.17 bits per heavy atom. The van der Waals surface area contributed by atoms with Gasteiger partial charge in [-0.2, -0.15) is 0 Å². The van der Waals surface area contributed by atoms with E-state index >= 15 is 0 Å². The Balaban J connectivity index is 2.60. The number of hydrogen-bond donors (Lipinski definition) is 2.